The maximum Gasteiger partial charge on any atom is 0.276 e. The van der Waals surface area contributed by atoms with Crippen LogP contribution in [0.3, 0.4) is 0 Å². The number of benzene rings is 1. The molecule has 1 aromatic heterocycles. The summed E-state index contributed by atoms with van der Waals surface area (Å²) >= 11 is 1.59. The second kappa shape index (κ2) is 6.33. The van der Waals surface area contributed by atoms with Gasteiger partial charge in [0.1, 0.15) is 5.70 Å². The van der Waals surface area contributed by atoms with Crippen molar-refractivity contribution < 1.29 is 4.79 Å². The molecule has 0 bridgehead atoms. The van der Waals surface area contributed by atoms with Crippen molar-refractivity contribution in [1.29, 1.82) is 0 Å². The average Bonchev–Trinajstić information content (AvgIpc) is 3.14. The fourth-order valence-corrected chi connectivity index (χ4v) is 3.86. The highest BCUT2D eigenvalue weighted by Crippen LogP contribution is 2.21. The molecule has 7 heteroatoms. The molecule has 2 aliphatic heterocycles. The second-order valence-electron chi connectivity index (χ2n) is 6.27. The van der Waals surface area contributed by atoms with E-state index in [1.165, 1.54) is 0 Å². The highest BCUT2D eigenvalue weighted by Gasteiger charge is 2.24. The van der Waals surface area contributed by atoms with Gasteiger partial charge in [-0.2, -0.15) is 0 Å². The number of likely N-dealkylation sites (N-methyl/N-ethyl adjacent to an activating group) is 1. The zero-order valence-electron chi connectivity index (χ0n) is 13.5. The van der Waals surface area contributed by atoms with E-state index in [0.717, 1.165) is 41.7 Å². The van der Waals surface area contributed by atoms with Crippen LogP contribution in [-0.2, 0) is 4.79 Å². The van der Waals surface area contributed by atoms with Gasteiger partial charge >= 0.3 is 0 Å². The number of aliphatic imine (C=N–C) groups is 1. The van der Waals surface area contributed by atoms with Crippen LogP contribution in [0, 0.1) is 0 Å². The van der Waals surface area contributed by atoms with Crippen LogP contribution < -0.4 is 10.6 Å². The zero-order chi connectivity index (χ0) is 16.5. The van der Waals surface area contributed by atoms with Gasteiger partial charge in [0.05, 0.1) is 15.7 Å². The van der Waals surface area contributed by atoms with Crippen LogP contribution in [0.5, 0.6) is 0 Å². The Bertz CT molecular complexity index is 840. The number of fused-ring (bicyclic) bond motifs is 1. The maximum atomic E-state index is 12.2. The third-order valence-corrected chi connectivity index (χ3v) is 5.11. The molecule has 2 aromatic rings. The van der Waals surface area contributed by atoms with Crippen LogP contribution in [-0.4, -0.2) is 47.9 Å². The van der Waals surface area contributed by atoms with E-state index < -0.39 is 0 Å². The van der Waals surface area contributed by atoms with Gasteiger partial charge in [0.25, 0.3) is 5.91 Å². The van der Waals surface area contributed by atoms with Crippen molar-refractivity contribution in [3.05, 3.63) is 35.0 Å². The standard InChI is InChI=1S/C17H19N5OS/c1-22-6-2-3-12(9-22)19-17-20-14(16(23)21-17)7-11-4-5-13-15(8-11)24-10-18-13/h4-5,7-8,10,12H,2-3,6,9H2,1H3,(H2,19,20,21,23)/b14-7-. The lowest BCUT2D eigenvalue weighted by Gasteiger charge is -2.30. The first-order chi connectivity index (χ1) is 11.7. The summed E-state index contributed by atoms with van der Waals surface area (Å²) in [6, 6.07) is 6.28. The van der Waals surface area contributed by atoms with E-state index in [1.54, 1.807) is 11.3 Å². The molecule has 1 aromatic carbocycles. The van der Waals surface area contributed by atoms with Gasteiger partial charge in [-0.3, -0.25) is 10.1 Å². The van der Waals surface area contributed by atoms with Gasteiger partial charge in [-0.1, -0.05) is 6.07 Å². The molecule has 2 N–H and O–H groups in total. The van der Waals surface area contributed by atoms with Gasteiger partial charge in [0.2, 0.25) is 5.96 Å². The molecule has 0 aliphatic carbocycles. The number of rotatable bonds is 2. The third-order valence-electron chi connectivity index (χ3n) is 4.32. The molecule has 6 nitrogen and oxygen atoms in total. The average molecular weight is 341 g/mol. The quantitative estimate of drug-likeness (QED) is 0.818. The van der Waals surface area contributed by atoms with Crippen LogP contribution in [0.1, 0.15) is 18.4 Å². The first-order valence-corrected chi connectivity index (χ1v) is 8.95. The molecule has 3 heterocycles. The summed E-state index contributed by atoms with van der Waals surface area (Å²) in [5.74, 6) is 0.400. The molecule has 0 radical (unpaired) electrons. The monoisotopic (exact) mass is 341 g/mol. The number of nitrogens with zero attached hydrogens (tertiary/aromatic N) is 3. The molecule has 0 saturated carbocycles. The van der Waals surface area contributed by atoms with E-state index in [-0.39, 0.29) is 5.91 Å². The Morgan fingerprint density at radius 1 is 1.46 bits per heavy atom. The number of carbonyl (C=O) groups excluding carboxylic acids is 1. The Kier molecular flexibility index (Phi) is 4.03. The van der Waals surface area contributed by atoms with Gasteiger partial charge in [-0.25, -0.2) is 9.98 Å². The van der Waals surface area contributed by atoms with Crippen molar-refractivity contribution in [2.45, 2.75) is 18.9 Å². The lowest BCUT2D eigenvalue weighted by Crippen LogP contribution is -2.49. The summed E-state index contributed by atoms with van der Waals surface area (Å²) in [6.45, 7) is 2.10. The minimum absolute atomic E-state index is 0.161. The Hall–Kier alpha value is -2.25. The molecule has 24 heavy (non-hydrogen) atoms. The predicted molar refractivity (Wildman–Crippen MR) is 96.8 cm³/mol. The SMILES string of the molecule is CN1CCCC(NC2=N/C(=C\c3ccc4ncsc4c3)C(=O)N2)C1. The lowest BCUT2D eigenvalue weighted by molar-refractivity contribution is -0.115. The summed E-state index contributed by atoms with van der Waals surface area (Å²) < 4.78 is 1.11. The van der Waals surface area contributed by atoms with Crippen molar-refractivity contribution in [2.75, 3.05) is 20.1 Å². The molecular weight excluding hydrogens is 322 g/mol. The van der Waals surface area contributed by atoms with E-state index in [1.807, 2.05) is 29.8 Å². The van der Waals surface area contributed by atoms with Gasteiger partial charge in [-0.15, -0.1) is 11.3 Å². The van der Waals surface area contributed by atoms with Crippen LogP contribution in [0.25, 0.3) is 16.3 Å². The van der Waals surface area contributed by atoms with Crippen molar-refractivity contribution in [3.63, 3.8) is 0 Å². The Balaban J connectivity index is 1.52. The van der Waals surface area contributed by atoms with Crippen LogP contribution in [0.2, 0.25) is 0 Å². The topological polar surface area (TPSA) is 69.6 Å². The second-order valence-corrected chi connectivity index (χ2v) is 7.16. The molecule has 124 valence electrons. The number of aromatic nitrogens is 1. The van der Waals surface area contributed by atoms with E-state index >= 15 is 0 Å². The normalized spacial score (nSPS) is 23.5. The largest absolute Gasteiger partial charge is 0.352 e. The number of likely N-dealkylation sites (tertiary alicyclic amines) is 1. The highest BCUT2D eigenvalue weighted by molar-refractivity contribution is 7.16. The minimum Gasteiger partial charge on any atom is -0.352 e. The Morgan fingerprint density at radius 3 is 3.25 bits per heavy atom. The molecular formula is C17H19N5OS. The molecule has 1 fully saturated rings. The minimum atomic E-state index is -0.161. The van der Waals surface area contributed by atoms with Crippen LogP contribution >= 0.6 is 11.3 Å². The van der Waals surface area contributed by atoms with Gasteiger partial charge < -0.3 is 10.2 Å². The van der Waals surface area contributed by atoms with Crippen molar-refractivity contribution >= 4 is 39.5 Å². The zero-order valence-corrected chi connectivity index (χ0v) is 14.3. The summed E-state index contributed by atoms with van der Waals surface area (Å²) in [7, 11) is 2.11. The smallest absolute Gasteiger partial charge is 0.276 e. The molecule has 4 rings (SSSR count). The van der Waals surface area contributed by atoms with E-state index in [4.69, 9.17) is 0 Å². The summed E-state index contributed by atoms with van der Waals surface area (Å²) in [6.07, 6.45) is 4.07. The first-order valence-electron chi connectivity index (χ1n) is 8.07. The molecule has 1 saturated heterocycles. The summed E-state index contributed by atoms with van der Waals surface area (Å²) in [4.78, 5) is 23.1. The number of amides is 1. The summed E-state index contributed by atoms with van der Waals surface area (Å²) in [5.41, 5.74) is 4.20. The molecule has 1 atom stereocenters. The van der Waals surface area contributed by atoms with Gasteiger partial charge in [0, 0.05) is 12.6 Å². The van der Waals surface area contributed by atoms with Crippen LogP contribution in [0.15, 0.2) is 34.4 Å². The highest BCUT2D eigenvalue weighted by atomic mass is 32.1. The lowest BCUT2D eigenvalue weighted by atomic mass is 10.1. The number of piperidine rings is 1. The van der Waals surface area contributed by atoms with Crippen LogP contribution in [0.4, 0.5) is 0 Å². The third kappa shape index (κ3) is 3.18. The maximum absolute atomic E-state index is 12.2. The van der Waals surface area contributed by atoms with E-state index in [2.05, 4.69) is 32.6 Å². The fourth-order valence-electron chi connectivity index (χ4n) is 3.13. The Morgan fingerprint density at radius 2 is 2.38 bits per heavy atom. The van der Waals surface area contributed by atoms with Crippen molar-refractivity contribution in [1.82, 2.24) is 20.5 Å². The number of hydrogen-bond donors (Lipinski definition) is 2. The Labute approximate surface area is 144 Å². The molecule has 1 amide bonds. The van der Waals surface area contributed by atoms with E-state index in [0.29, 0.717) is 17.7 Å². The number of carbonyl (C=O) groups is 1. The number of thiazole rings is 1. The predicted octanol–water partition coefficient (Wildman–Crippen LogP) is 1.81. The molecule has 1 unspecified atom stereocenters. The van der Waals surface area contributed by atoms with Crippen molar-refractivity contribution in [3.8, 4) is 0 Å². The number of nitrogens with one attached hydrogen (secondary N) is 2. The van der Waals surface area contributed by atoms with Crippen molar-refractivity contribution in [2.24, 2.45) is 4.99 Å². The van der Waals surface area contributed by atoms with Gasteiger partial charge in [-0.05, 0) is 50.2 Å². The number of hydrogen-bond acceptors (Lipinski definition) is 6. The van der Waals surface area contributed by atoms with E-state index in [9.17, 15) is 4.79 Å². The summed E-state index contributed by atoms with van der Waals surface area (Å²) in [5, 5.41) is 6.17. The fraction of sp³-hybridized carbons (Fsp3) is 0.353. The first kappa shape index (κ1) is 15.3. The molecule has 0 spiro atoms. The van der Waals surface area contributed by atoms with Gasteiger partial charge in [0.15, 0.2) is 0 Å². The number of guanidine groups is 1. The molecule has 2 aliphatic rings.